The molecule has 0 unspecified atom stereocenters. The quantitative estimate of drug-likeness (QED) is 0.182. The summed E-state index contributed by atoms with van der Waals surface area (Å²) >= 11 is 0. The number of benzene rings is 8. The van der Waals surface area contributed by atoms with E-state index in [2.05, 4.69) is 166 Å². The molecule has 1 aromatic heterocycles. The van der Waals surface area contributed by atoms with E-state index in [0.29, 0.717) is 17.5 Å². The van der Waals surface area contributed by atoms with Gasteiger partial charge in [-0.3, -0.25) is 0 Å². The Labute approximate surface area is 309 Å². The molecule has 0 spiro atoms. The van der Waals surface area contributed by atoms with E-state index in [4.69, 9.17) is 15.0 Å². The summed E-state index contributed by atoms with van der Waals surface area (Å²) in [6, 6.07) is 62.6. The minimum absolute atomic E-state index is 0.248. The van der Waals surface area contributed by atoms with Crippen molar-refractivity contribution in [2.24, 2.45) is 0 Å². The SMILES string of the molecule is CC1(C)c2cc(-c3ccc4ccccc4c3)ccc2-c2c1cc1ccccc1c2-c1nc(-c2ccccc2)nc(-c2ccc(-c3ccccc3)cc2)n1. The van der Waals surface area contributed by atoms with Gasteiger partial charge < -0.3 is 0 Å². The van der Waals surface area contributed by atoms with Crippen LogP contribution in [0.1, 0.15) is 25.0 Å². The Morgan fingerprint density at radius 2 is 0.849 bits per heavy atom. The summed E-state index contributed by atoms with van der Waals surface area (Å²) in [5, 5.41) is 4.80. The summed E-state index contributed by atoms with van der Waals surface area (Å²) < 4.78 is 0. The van der Waals surface area contributed by atoms with Crippen molar-refractivity contribution >= 4 is 21.5 Å². The Balaban J connectivity index is 1.19. The van der Waals surface area contributed by atoms with Gasteiger partial charge in [0.05, 0.1) is 0 Å². The first-order valence-corrected chi connectivity index (χ1v) is 18.2. The highest BCUT2D eigenvalue weighted by Crippen LogP contribution is 2.54. The first-order valence-electron chi connectivity index (χ1n) is 18.2. The van der Waals surface area contributed by atoms with Gasteiger partial charge in [-0.25, -0.2) is 15.0 Å². The lowest BCUT2D eigenvalue weighted by Gasteiger charge is -2.23. The summed E-state index contributed by atoms with van der Waals surface area (Å²) in [7, 11) is 0. The molecule has 10 rings (SSSR count). The second kappa shape index (κ2) is 12.2. The smallest absolute Gasteiger partial charge is 0.165 e. The number of hydrogen-bond donors (Lipinski definition) is 0. The third-order valence-corrected chi connectivity index (χ3v) is 10.9. The van der Waals surface area contributed by atoms with Gasteiger partial charge in [0.25, 0.3) is 0 Å². The molecule has 0 radical (unpaired) electrons. The van der Waals surface area contributed by atoms with E-state index in [0.717, 1.165) is 27.6 Å². The molecule has 250 valence electrons. The zero-order chi connectivity index (χ0) is 35.5. The van der Waals surface area contributed by atoms with Crippen LogP contribution in [0.2, 0.25) is 0 Å². The fourth-order valence-electron chi connectivity index (χ4n) is 8.10. The van der Waals surface area contributed by atoms with Gasteiger partial charge in [-0.15, -0.1) is 0 Å². The Kier molecular flexibility index (Phi) is 7.16. The summed E-state index contributed by atoms with van der Waals surface area (Å²) in [6.45, 7) is 4.70. The molecule has 0 fully saturated rings. The van der Waals surface area contributed by atoms with Gasteiger partial charge in [-0.05, 0) is 84.3 Å². The lowest BCUT2D eigenvalue weighted by molar-refractivity contribution is 0.661. The number of aromatic nitrogens is 3. The van der Waals surface area contributed by atoms with E-state index >= 15 is 0 Å². The van der Waals surface area contributed by atoms with Crippen LogP contribution in [-0.2, 0) is 5.41 Å². The van der Waals surface area contributed by atoms with Gasteiger partial charge in [0.1, 0.15) is 0 Å². The van der Waals surface area contributed by atoms with E-state index in [1.54, 1.807) is 0 Å². The number of nitrogens with zero attached hydrogens (tertiary/aromatic N) is 3. The third kappa shape index (κ3) is 5.24. The Morgan fingerprint density at radius 3 is 1.58 bits per heavy atom. The number of fused-ring (bicyclic) bond motifs is 5. The van der Waals surface area contributed by atoms with E-state index in [9.17, 15) is 0 Å². The lowest BCUT2D eigenvalue weighted by atomic mass is 9.80. The van der Waals surface area contributed by atoms with Crippen LogP contribution in [0.4, 0.5) is 0 Å². The van der Waals surface area contributed by atoms with Gasteiger partial charge >= 0.3 is 0 Å². The van der Waals surface area contributed by atoms with E-state index < -0.39 is 0 Å². The zero-order valence-electron chi connectivity index (χ0n) is 29.6. The second-order valence-corrected chi connectivity index (χ2v) is 14.5. The maximum absolute atomic E-state index is 5.32. The highest BCUT2D eigenvalue weighted by atomic mass is 15.0. The summed E-state index contributed by atoms with van der Waals surface area (Å²) in [5.41, 5.74) is 12.5. The van der Waals surface area contributed by atoms with Crippen molar-refractivity contribution < 1.29 is 0 Å². The molecule has 0 N–H and O–H groups in total. The molecule has 0 bridgehead atoms. The first-order chi connectivity index (χ1) is 26.0. The first kappa shape index (κ1) is 31.1. The molecule has 53 heavy (non-hydrogen) atoms. The number of rotatable bonds is 5. The van der Waals surface area contributed by atoms with Crippen molar-refractivity contribution in [1.29, 1.82) is 0 Å². The third-order valence-electron chi connectivity index (χ3n) is 10.9. The van der Waals surface area contributed by atoms with Crippen molar-refractivity contribution in [2.75, 3.05) is 0 Å². The van der Waals surface area contributed by atoms with Gasteiger partial charge in [-0.2, -0.15) is 0 Å². The van der Waals surface area contributed by atoms with Crippen LogP contribution in [-0.4, -0.2) is 15.0 Å². The van der Waals surface area contributed by atoms with E-state index in [-0.39, 0.29) is 5.41 Å². The van der Waals surface area contributed by atoms with Crippen LogP contribution in [0.15, 0.2) is 176 Å². The predicted octanol–water partition coefficient (Wildman–Crippen LogP) is 12.8. The molecule has 1 heterocycles. The highest BCUT2D eigenvalue weighted by molar-refractivity contribution is 6.07. The monoisotopic (exact) mass is 677 g/mol. The van der Waals surface area contributed by atoms with E-state index in [1.807, 2.05) is 24.3 Å². The Morgan fingerprint density at radius 1 is 0.340 bits per heavy atom. The molecule has 3 heteroatoms. The molecule has 1 aliphatic rings. The highest BCUT2D eigenvalue weighted by Gasteiger charge is 2.39. The van der Waals surface area contributed by atoms with Gasteiger partial charge in [-0.1, -0.05) is 172 Å². The van der Waals surface area contributed by atoms with E-state index in [1.165, 1.54) is 55.1 Å². The fraction of sp³-hybridized carbons (Fsp3) is 0.0600. The average molecular weight is 678 g/mol. The minimum Gasteiger partial charge on any atom is -0.208 e. The Bertz CT molecular complexity index is 2840. The maximum atomic E-state index is 5.32. The standard InChI is InChI=1S/C50H35N3/c1-50(2)43-30-39(38-26-23-33-15-9-10-18-37(33)29-38)27-28-42(43)45-44(50)31-40-19-11-12-20-41(40)46(45)49-52-47(35-16-7-4-8-17-35)51-48(53-49)36-24-21-34(22-25-36)32-13-5-3-6-14-32/h3-31H,1-2H3. The molecular weight excluding hydrogens is 643 g/mol. The van der Waals surface area contributed by atoms with Crippen LogP contribution in [0, 0.1) is 0 Å². The van der Waals surface area contributed by atoms with Crippen molar-refractivity contribution in [2.45, 2.75) is 19.3 Å². The normalized spacial score (nSPS) is 12.9. The van der Waals surface area contributed by atoms with Crippen LogP contribution < -0.4 is 0 Å². The number of hydrogen-bond acceptors (Lipinski definition) is 3. The predicted molar refractivity (Wildman–Crippen MR) is 220 cm³/mol. The van der Waals surface area contributed by atoms with Gasteiger partial charge in [0.15, 0.2) is 17.5 Å². The molecule has 9 aromatic rings. The topological polar surface area (TPSA) is 38.7 Å². The fourth-order valence-corrected chi connectivity index (χ4v) is 8.10. The maximum Gasteiger partial charge on any atom is 0.165 e. The van der Waals surface area contributed by atoms with Crippen LogP contribution in [0.25, 0.3) is 89.1 Å². The average Bonchev–Trinajstić information content (AvgIpc) is 3.45. The molecule has 3 nitrogen and oxygen atoms in total. The molecule has 1 aliphatic carbocycles. The summed E-state index contributed by atoms with van der Waals surface area (Å²) in [6.07, 6.45) is 0. The largest absolute Gasteiger partial charge is 0.208 e. The molecule has 0 saturated carbocycles. The second-order valence-electron chi connectivity index (χ2n) is 14.5. The molecular formula is C50H35N3. The van der Waals surface area contributed by atoms with Gasteiger partial charge in [0, 0.05) is 22.1 Å². The van der Waals surface area contributed by atoms with Crippen molar-refractivity contribution in [3.05, 3.63) is 187 Å². The summed E-state index contributed by atoms with van der Waals surface area (Å²) in [5.74, 6) is 1.99. The molecule has 8 aromatic carbocycles. The van der Waals surface area contributed by atoms with Crippen LogP contribution >= 0.6 is 0 Å². The zero-order valence-corrected chi connectivity index (χ0v) is 29.6. The summed E-state index contributed by atoms with van der Waals surface area (Å²) in [4.78, 5) is 15.7. The van der Waals surface area contributed by atoms with Crippen LogP contribution in [0.5, 0.6) is 0 Å². The molecule has 0 atom stereocenters. The van der Waals surface area contributed by atoms with Crippen molar-refractivity contribution in [3.63, 3.8) is 0 Å². The van der Waals surface area contributed by atoms with Crippen molar-refractivity contribution in [1.82, 2.24) is 15.0 Å². The van der Waals surface area contributed by atoms with Crippen molar-refractivity contribution in [3.8, 4) is 67.5 Å². The molecule has 0 aliphatic heterocycles. The minimum atomic E-state index is -0.248. The lowest BCUT2D eigenvalue weighted by Crippen LogP contribution is -2.15. The van der Waals surface area contributed by atoms with Gasteiger partial charge in [0.2, 0.25) is 0 Å². The molecule has 0 amide bonds. The molecule has 0 saturated heterocycles. The van der Waals surface area contributed by atoms with Crippen LogP contribution in [0.3, 0.4) is 0 Å². The Hall–Kier alpha value is -6.71.